The molecular formula is C21H20N4O3S2. The van der Waals surface area contributed by atoms with Crippen LogP contribution in [0.5, 0.6) is 0 Å². The van der Waals surface area contributed by atoms with E-state index >= 15 is 0 Å². The van der Waals surface area contributed by atoms with Crippen molar-refractivity contribution in [3.05, 3.63) is 72.1 Å². The van der Waals surface area contributed by atoms with Gasteiger partial charge in [0.1, 0.15) is 4.83 Å². The Hall–Kier alpha value is -3.17. The van der Waals surface area contributed by atoms with Crippen molar-refractivity contribution in [3.63, 3.8) is 0 Å². The second-order valence-electron chi connectivity index (χ2n) is 6.13. The normalized spacial score (nSPS) is 10.5. The summed E-state index contributed by atoms with van der Waals surface area (Å²) in [5.74, 6) is -0.551. The lowest BCUT2D eigenvalue weighted by Crippen LogP contribution is -2.40. The molecule has 154 valence electrons. The fourth-order valence-corrected chi connectivity index (χ4v) is 4.53. The smallest absolute Gasteiger partial charge is 0.321 e. The Morgan fingerprint density at radius 3 is 2.67 bits per heavy atom. The minimum absolute atomic E-state index is 0.0620. The predicted molar refractivity (Wildman–Crippen MR) is 122 cm³/mol. The third kappa shape index (κ3) is 5.05. The molecule has 3 aromatic rings. The van der Waals surface area contributed by atoms with Gasteiger partial charge in [-0.05, 0) is 11.6 Å². The summed E-state index contributed by atoms with van der Waals surface area (Å²) in [5.41, 5.74) is 0.819. The molecule has 3 amide bonds. The third-order valence-corrected chi connectivity index (χ3v) is 6.03. The molecule has 0 radical (unpaired) electrons. The summed E-state index contributed by atoms with van der Waals surface area (Å²) in [6, 6.07) is 11.0. The number of amides is 3. The largest absolute Gasteiger partial charge is 0.334 e. The summed E-state index contributed by atoms with van der Waals surface area (Å²) in [6.45, 7) is 7.71. The van der Waals surface area contributed by atoms with Crippen LogP contribution in [-0.4, -0.2) is 33.8 Å². The van der Waals surface area contributed by atoms with Gasteiger partial charge in [0.15, 0.2) is 5.16 Å². The molecule has 2 heterocycles. The number of carbonyl (C=O) groups excluding carboxylic acids is 2. The molecule has 2 N–H and O–H groups in total. The maximum absolute atomic E-state index is 13.0. The second-order valence-corrected chi connectivity index (χ2v) is 8.10. The van der Waals surface area contributed by atoms with Crippen LogP contribution in [-0.2, 0) is 11.3 Å². The van der Waals surface area contributed by atoms with Crippen LogP contribution in [0.15, 0.2) is 71.7 Å². The Labute approximate surface area is 181 Å². The van der Waals surface area contributed by atoms with E-state index in [2.05, 4.69) is 28.8 Å². The van der Waals surface area contributed by atoms with Crippen LogP contribution in [0.1, 0.15) is 0 Å². The number of hydrogen-bond donors (Lipinski definition) is 2. The number of thioether (sulfide) groups is 1. The number of benzene rings is 1. The van der Waals surface area contributed by atoms with Gasteiger partial charge in [0, 0.05) is 18.0 Å². The van der Waals surface area contributed by atoms with Crippen LogP contribution >= 0.6 is 23.1 Å². The second kappa shape index (κ2) is 10.0. The van der Waals surface area contributed by atoms with Crippen LogP contribution in [0.3, 0.4) is 0 Å². The molecule has 0 spiro atoms. The molecule has 0 unspecified atom stereocenters. The van der Waals surface area contributed by atoms with Crippen molar-refractivity contribution < 1.29 is 9.59 Å². The third-order valence-electron chi connectivity index (χ3n) is 3.98. The van der Waals surface area contributed by atoms with Crippen LogP contribution in [0.4, 0.5) is 4.79 Å². The van der Waals surface area contributed by atoms with Gasteiger partial charge in [0.25, 0.3) is 5.56 Å². The lowest BCUT2D eigenvalue weighted by molar-refractivity contribution is -0.117. The first-order valence-corrected chi connectivity index (χ1v) is 10.9. The first-order chi connectivity index (χ1) is 14.5. The molecular weight excluding hydrogens is 420 g/mol. The van der Waals surface area contributed by atoms with Crippen molar-refractivity contribution in [3.8, 4) is 10.4 Å². The van der Waals surface area contributed by atoms with E-state index < -0.39 is 11.9 Å². The van der Waals surface area contributed by atoms with E-state index in [-0.39, 0.29) is 24.4 Å². The number of rotatable bonds is 8. The standard InChI is InChI=1S/C21H20N4O3S2/c1-3-10-22-20(28)23-17(26)13-29-21-24-18-15(19(27)25(21)11-4-2)12-16(30-18)14-8-6-5-7-9-14/h3-9,12H,1-2,10-11,13H2,(H2,22,23,26,28). The molecule has 30 heavy (non-hydrogen) atoms. The van der Waals surface area contributed by atoms with Gasteiger partial charge in [-0.3, -0.25) is 19.5 Å². The van der Waals surface area contributed by atoms with E-state index in [0.717, 1.165) is 22.2 Å². The number of hydrogen-bond acceptors (Lipinski definition) is 6. The van der Waals surface area contributed by atoms with E-state index in [0.29, 0.717) is 15.4 Å². The molecule has 2 aromatic heterocycles. The number of nitrogens with zero attached hydrogens (tertiary/aromatic N) is 2. The molecule has 0 bridgehead atoms. The molecule has 0 aliphatic rings. The molecule has 3 rings (SSSR count). The Bertz CT molecular complexity index is 1150. The van der Waals surface area contributed by atoms with Gasteiger partial charge in [0.2, 0.25) is 5.91 Å². The van der Waals surface area contributed by atoms with E-state index in [1.54, 1.807) is 6.08 Å². The number of imide groups is 1. The molecule has 0 fully saturated rings. The van der Waals surface area contributed by atoms with Gasteiger partial charge in [-0.25, -0.2) is 9.78 Å². The van der Waals surface area contributed by atoms with E-state index in [9.17, 15) is 14.4 Å². The monoisotopic (exact) mass is 440 g/mol. The SMILES string of the molecule is C=CCNC(=O)NC(=O)CSc1nc2sc(-c3ccccc3)cc2c(=O)n1CC=C. The number of thiophene rings is 1. The molecule has 0 saturated heterocycles. The molecule has 7 nitrogen and oxygen atoms in total. The van der Waals surface area contributed by atoms with Gasteiger partial charge in [-0.15, -0.1) is 24.5 Å². The van der Waals surface area contributed by atoms with Crippen LogP contribution < -0.4 is 16.2 Å². The maximum Gasteiger partial charge on any atom is 0.321 e. The van der Waals surface area contributed by atoms with Crippen molar-refractivity contribution in [2.45, 2.75) is 11.7 Å². The van der Waals surface area contributed by atoms with Crippen molar-refractivity contribution in [1.29, 1.82) is 0 Å². The van der Waals surface area contributed by atoms with Crippen molar-refractivity contribution in [2.24, 2.45) is 0 Å². The summed E-state index contributed by atoms with van der Waals surface area (Å²) in [7, 11) is 0. The average molecular weight is 441 g/mol. The van der Waals surface area contributed by atoms with Crippen LogP contribution in [0, 0.1) is 0 Å². The Morgan fingerprint density at radius 1 is 1.20 bits per heavy atom. The number of urea groups is 1. The quantitative estimate of drug-likeness (QED) is 0.318. The fourth-order valence-electron chi connectivity index (χ4n) is 2.64. The summed E-state index contributed by atoms with van der Waals surface area (Å²) in [4.78, 5) is 42.8. The van der Waals surface area contributed by atoms with Crippen molar-refractivity contribution in [1.82, 2.24) is 20.2 Å². The zero-order valence-electron chi connectivity index (χ0n) is 16.1. The zero-order valence-corrected chi connectivity index (χ0v) is 17.7. The molecule has 1 aromatic carbocycles. The fraction of sp³-hybridized carbons (Fsp3) is 0.143. The van der Waals surface area contributed by atoms with E-state index in [1.165, 1.54) is 22.0 Å². The van der Waals surface area contributed by atoms with Gasteiger partial charge < -0.3 is 5.32 Å². The van der Waals surface area contributed by atoms with Crippen molar-refractivity contribution >= 4 is 45.3 Å². The van der Waals surface area contributed by atoms with Gasteiger partial charge in [-0.2, -0.15) is 0 Å². The molecule has 9 heteroatoms. The Balaban J connectivity index is 1.86. The number of fused-ring (bicyclic) bond motifs is 1. The summed E-state index contributed by atoms with van der Waals surface area (Å²) < 4.78 is 1.48. The highest BCUT2D eigenvalue weighted by Crippen LogP contribution is 2.32. The van der Waals surface area contributed by atoms with Gasteiger partial charge >= 0.3 is 6.03 Å². The highest BCUT2D eigenvalue weighted by atomic mass is 32.2. The number of nitrogens with one attached hydrogen (secondary N) is 2. The number of carbonyl (C=O) groups is 2. The molecule has 0 atom stereocenters. The van der Waals surface area contributed by atoms with Gasteiger partial charge in [0.05, 0.1) is 11.1 Å². The Morgan fingerprint density at radius 2 is 1.97 bits per heavy atom. The lowest BCUT2D eigenvalue weighted by atomic mass is 10.2. The minimum atomic E-state index is -0.599. The first-order valence-electron chi connectivity index (χ1n) is 9.05. The summed E-state index contributed by atoms with van der Waals surface area (Å²) >= 11 is 2.52. The van der Waals surface area contributed by atoms with E-state index in [4.69, 9.17) is 0 Å². The molecule has 0 aliphatic heterocycles. The predicted octanol–water partition coefficient (Wildman–Crippen LogP) is 3.41. The number of aromatic nitrogens is 2. The first kappa shape index (κ1) is 21.5. The molecule has 0 aliphatic carbocycles. The molecule has 0 saturated carbocycles. The van der Waals surface area contributed by atoms with Crippen LogP contribution in [0.25, 0.3) is 20.7 Å². The van der Waals surface area contributed by atoms with Crippen LogP contribution in [0.2, 0.25) is 0 Å². The van der Waals surface area contributed by atoms with Gasteiger partial charge in [-0.1, -0.05) is 54.2 Å². The lowest BCUT2D eigenvalue weighted by Gasteiger charge is -2.10. The Kier molecular flexibility index (Phi) is 7.21. The summed E-state index contributed by atoms with van der Waals surface area (Å²) in [5, 5.41) is 5.61. The zero-order chi connectivity index (χ0) is 21.5. The number of allylic oxidation sites excluding steroid dienone is 1. The average Bonchev–Trinajstić information content (AvgIpc) is 3.18. The minimum Gasteiger partial charge on any atom is -0.334 e. The highest BCUT2D eigenvalue weighted by Gasteiger charge is 2.16. The maximum atomic E-state index is 13.0. The van der Waals surface area contributed by atoms with E-state index in [1.807, 2.05) is 36.4 Å². The highest BCUT2D eigenvalue weighted by molar-refractivity contribution is 7.99. The summed E-state index contributed by atoms with van der Waals surface area (Å²) in [6.07, 6.45) is 3.11. The topological polar surface area (TPSA) is 93.1 Å². The van der Waals surface area contributed by atoms with Crippen molar-refractivity contribution in [2.75, 3.05) is 12.3 Å².